The molecule has 0 atom stereocenters. The number of ether oxygens (including phenoxy) is 1. The summed E-state index contributed by atoms with van der Waals surface area (Å²) >= 11 is 3.93. The fourth-order valence-electron chi connectivity index (χ4n) is 1.52. The van der Waals surface area contributed by atoms with Crippen LogP contribution in [0.2, 0.25) is 0 Å². The minimum Gasteiger partial charge on any atom is -0.430 e. The Morgan fingerprint density at radius 1 is 1.30 bits per heavy atom. The van der Waals surface area contributed by atoms with Gasteiger partial charge in [-0.2, -0.15) is 22.5 Å². The van der Waals surface area contributed by atoms with Crippen LogP contribution < -0.4 is 4.74 Å². The lowest BCUT2D eigenvalue weighted by atomic mass is 10.0. The van der Waals surface area contributed by atoms with Crippen LogP contribution in [-0.2, 0) is 6.18 Å². The molecule has 0 amide bonds. The second-order valence-electron chi connectivity index (χ2n) is 4.32. The smallest absolute Gasteiger partial charge is 0.430 e. The summed E-state index contributed by atoms with van der Waals surface area (Å²) in [5.41, 5.74) is 0.878. The average molecular weight is 367 g/mol. The second-order valence-corrected chi connectivity index (χ2v) is 5.95. The Balaban J connectivity index is 2.28. The minimum absolute atomic E-state index is 0.124. The fourth-order valence-corrected chi connectivity index (χ4v) is 2.47. The van der Waals surface area contributed by atoms with Crippen molar-refractivity contribution in [2.45, 2.75) is 25.9 Å². The number of hydrogen-bond acceptors (Lipinski definition) is 4. The Kier molecular flexibility index (Phi) is 4.33. The predicted molar refractivity (Wildman–Crippen MR) is 73.2 cm³/mol. The van der Waals surface area contributed by atoms with Crippen molar-refractivity contribution in [3.8, 4) is 10.9 Å². The monoisotopic (exact) mass is 366 g/mol. The molecule has 0 radical (unpaired) electrons. The second kappa shape index (κ2) is 5.69. The van der Waals surface area contributed by atoms with Crippen molar-refractivity contribution in [1.29, 1.82) is 0 Å². The summed E-state index contributed by atoms with van der Waals surface area (Å²) in [6.45, 7) is 3.94. The van der Waals surface area contributed by atoms with Crippen LogP contribution in [0.15, 0.2) is 22.7 Å². The van der Waals surface area contributed by atoms with Gasteiger partial charge >= 0.3 is 6.18 Å². The highest BCUT2D eigenvalue weighted by atomic mass is 79.9. The van der Waals surface area contributed by atoms with Gasteiger partial charge in [0, 0.05) is 16.0 Å². The first-order valence-corrected chi connectivity index (χ1v) is 7.22. The number of benzene rings is 1. The minimum atomic E-state index is -4.56. The maximum atomic E-state index is 12.4. The normalized spacial score (nSPS) is 11.9. The highest BCUT2D eigenvalue weighted by Crippen LogP contribution is 2.35. The van der Waals surface area contributed by atoms with Crippen LogP contribution >= 0.6 is 27.5 Å². The van der Waals surface area contributed by atoms with E-state index in [-0.39, 0.29) is 11.1 Å². The Bertz CT molecular complexity index is 613. The summed E-state index contributed by atoms with van der Waals surface area (Å²) in [4.78, 5) is 3.35. The molecule has 3 nitrogen and oxygen atoms in total. The third-order valence-electron chi connectivity index (χ3n) is 2.45. The summed E-state index contributed by atoms with van der Waals surface area (Å²) in [7, 11) is 0. The molecule has 0 spiro atoms. The van der Waals surface area contributed by atoms with Gasteiger partial charge in [0.25, 0.3) is 11.0 Å². The Morgan fingerprint density at radius 2 is 2.00 bits per heavy atom. The van der Waals surface area contributed by atoms with Crippen molar-refractivity contribution in [1.82, 2.24) is 9.36 Å². The molecule has 0 aliphatic rings. The Labute approximate surface area is 126 Å². The number of rotatable bonds is 3. The zero-order valence-corrected chi connectivity index (χ0v) is 12.9. The third-order valence-corrected chi connectivity index (χ3v) is 3.54. The van der Waals surface area contributed by atoms with Crippen LogP contribution in [0.5, 0.6) is 10.9 Å². The van der Waals surface area contributed by atoms with E-state index in [2.05, 4.69) is 25.3 Å². The summed E-state index contributed by atoms with van der Waals surface area (Å²) < 4.78 is 46.8. The average Bonchev–Trinajstić information content (AvgIpc) is 2.79. The highest BCUT2D eigenvalue weighted by Gasteiger charge is 2.36. The van der Waals surface area contributed by atoms with Crippen molar-refractivity contribution >= 4 is 27.5 Å². The van der Waals surface area contributed by atoms with Crippen LogP contribution in [0.25, 0.3) is 0 Å². The number of aromatic nitrogens is 2. The van der Waals surface area contributed by atoms with Crippen LogP contribution in [0.1, 0.15) is 31.2 Å². The highest BCUT2D eigenvalue weighted by molar-refractivity contribution is 9.10. The molecule has 1 heterocycles. The van der Waals surface area contributed by atoms with Crippen molar-refractivity contribution in [2.24, 2.45) is 0 Å². The lowest BCUT2D eigenvalue weighted by Crippen LogP contribution is -2.07. The molecule has 2 rings (SSSR count). The Hall–Kier alpha value is -1.15. The molecule has 0 N–H and O–H groups in total. The first-order valence-electron chi connectivity index (χ1n) is 5.65. The molecule has 20 heavy (non-hydrogen) atoms. The number of hydrogen-bond donors (Lipinski definition) is 0. The van der Waals surface area contributed by atoms with Crippen molar-refractivity contribution in [3.63, 3.8) is 0 Å². The van der Waals surface area contributed by atoms with Gasteiger partial charge in [0.05, 0.1) is 0 Å². The van der Waals surface area contributed by atoms with E-state index in [1.807, 2.05) is 19.9 Å². The van der Waals surface area contributed by atoms with E-state index in [1.54, 1.807) is 12.1 Å². The molecule has 0 saturated carbocycles. The summed E-state index contributed by atoms with van der Waals surface area (Å²) in [6.07, 6.45) is -4.56. The molecule has 1 aromatic heterocycles. The largest absolute Gasteiger partial charge is 0.452 e. The van der Waals surface area contributed by atoms with Crippen molar-refractivity contribution in [3.05, 3.63) is 34.1 Å². The maximum Gasteiger partial charge on any atom is 0.452 e. The van der Waals surface area contributed by atoms with Gasteiger partial charge in [-0.15, -0.1) is 0 Å². The number of halogens is 4. The molecule has 2 aromatic rings. The molecule has 0 saturated heterocycles. The molecule has 0 unspecified atom stereocenters. The van der Waals surface area contributed by atoms with Gasteiger partial charge in [-0.25, -0.2) is 0 Å². The molecule has 0 aliphatic carbocycles. The standard InChI is InChI=1S/C12H10BrF3N2OS/c1-6(2)8-5-7(13)3-4-9(8)19-11-17-10(18-20-11)12(14,15)16/h3-6H,1-2H3. The van der Waals surface area contributed by atoms with Gasteiger partial charge in [0.1, 0.15) is 5.75 Å². The zero-order chi connectivity index (χ0) is 14.9. The van der Waals surface area contributed by atoms with E-state index in [4.69, 9.17) is 4.74 Å². The van der Waals surface area contributed by atoms with Gasteiger partial charge in [-0.1, -0.05) is 29.8 Å². The lowest BCUT2D eigenvalue weighted by molar-refractivity contribution is -0.144. The molecule has 0 fully saturated rings. The molecule has 108 valence electrons. The van der Waals surface area contributed by atoms with Gasteiger partial charge in [-0.05, 0) is 29.7 Å². The fraction of sp³-hybridized carbons (Fsp3) is 0.333. The number of nitrogens with zero attached hydrogens (tertiary/aromatic N) is 2. The summed E-state index contributed by atoms with van der Waals surface area (Å²) in [6, 6.07) is 5.31. The topological polar surface area (TPSA) is 35.0 Å². The van der Waals surface area contributed by atoms with Crippen molar-refractivity contribution in [2.75, 3.05) is 0 Å². The molecule has 0 bridgehead atoms. The quantitative estimate of drug-likeness (QED) is 0.745. The number of alkyl halides is 3. The van der Waals surface area contributed by atoms with E-state index in [9.17, 15) is 13.2 Å². The van der Waals surface area contributed by atoms with Crippen LogP contribution in [-0.4, -0.2) is 9.36 Å². The van der Waals surface area contributed by atoms with E-state index in [0.29, 0.717) is 17.3 Å². The van der Waals surface area contributed by atoms with E-state index >= 15 is 0 Å². The summed E-state index contributed by atoms with van der Waals surface area (Å²) in [5, 5.41) is -0.124. The van der Waals surface area contributed by atoms with Gasteiger partial charge in [0.15, 0.2) is 0 Å². The molecule has 1 aromatic carbocycles. The molecule has 8 heteroatoms. The molecular formula is C12H10BrF3N2OS. The van der Waals surface area contributed by atoms with E-state index in [1.165, 1.54) is 0 Å². The maximum absolute atomic E-state index is 12.4. The summed E-state index contributed by atoms with van der Waals surface area (Å²) in [5.74, 6) is -0.536. The SMILES string of the molecule is CC(C)c1cc(Br)ccc1Oc1nc(C(F)(F)F)ns1. The predicted octanol–water partition coefficient (Wildman–Crippen LogP) is 5.24. The van der Waals surface area contributed by atoms with Crippen LogP contribution in [0, 0.1) is 0 Å². The van der Waals surface area contributed by atoms with Crippen LogP contribution in [0.4, 0.5) is 13.2 Å². The lowest BCUT2D eigenvalue weighted by Gasteiger charge is -2.12. The molecule has 0 aliphatic heterocycles. The first-order chi connectivity index (χ1) is 9.27. The molecular weight excluding hydrogens is 357 g/mol. The van der Waals surface area contributed by atoms with Gasteiger partial charge < -0.3 is 4.74 Å². The van der Waals surface area contributed by atoms with Crippen LogP contribution in [0.3, 0.4) is 0 Å². The van der Waals surface area contributed by atoms with Gasteiger partial charge in [0.2, 0.25) is 0 Å². The first kappa shape index (κ1) is 15.2. The third kappa shape index (κ3) is 3.49. The Morgan fingerprint density at radius 3 is 2.55 bits per heavy atom. The van der Waals surface area contributed by atoms with E-state index < -0.39 is 12.0 Å². The van der Waals surface area contributed by atoms with E-state index in [0.717, 1.165) is 10.0 Å². The zero-order valence-electron chi connectivity index (χ0n) is 10.5. The van der Waals surface area contributed by atoms with Gasteiger partial charge in [-0.3, -0.25) is 0 Å². The van der Waals surface area contributed by atoms with Crippen molar-refractivity contribution < 1.29 is 17.9 Å².